The summed E-state index contributed by atoms with van der Waals surface area (Å²) in [6.45, 7) is 1.77. The Morgan fingerprint density at radius 3 is 2.30 bits per heavy atom. The number of benzene rings is 2. The Morgan fingerprint density at radius 2 is 1.63 bits per heavy atom. The van der Waals surface area contributed by atoms with Crippen LogP contribution >= 0.6 is 0 Å². The van der Waals surface area contributed by atoms with Crippen molar-refractivity contribution in [2.75, 3.05) is 13.7 Å². The van der Waals surface area contributed by atoms with Crippen molar-refractivity contribution in [3.63, 3.8) is 0 Å². The van der Waals surface area contributed by atoms with Crippen LogP contribution in [0.1, 0.15) is 28.4 Å². The van der Waals surface area contributed by atoms with E-state index in [0.717, 1.165) is 11.1 Å². The van der Waals surface area contributed by atoms with Crippen LogP contribution in [0.3, 0.4) is 0 Å². The summed E-state index contributed by atoms with van der Waals surface area (Å²) in [5, 5.41) is 5.35. The fraction of sp³-hybridized carbons (Fsp3) is 0.250. The molecule has 0 aliphatic rings. The third kappa shape index (κ3) is 6.81. The first-order valence-electron chi connectivity index (χ1n) is 8.38. The topological polar surface area (TPSA) is 93.7 Å². The molecule has 0 saturated carbocycles. The van der Waals surface area contributed by atoms with Crippen LogP contribution < -0.4 is 15.4 Å². The number of nitrogens with one attached hydrogen (secondary N) is 2. The maximum atomic E-state index is 12.0. The Kier molecular flexibility index (Phi) is 7.37. The van der Waals surface area contributed by atoms with Crippen LogP contribution in [0.15, 0.2) is 48.5 Å². The molecule has 0 aromatic heterocycles. The Hall–Kier alpha value is -3.35. The highest BCUT2D eigenvalue weighted by molar-refractivity contribution is 5.91. The van der Waals surface area contributed by atoms with Gasteiger partial charge in [-0.05, 0) is 35.4 Å². The van der Waals surface area contributed by atoms with E-state index in [1.807, 2.05) is 24.3 Å². The molecule has 0 saturated heterocycles. The molecular weight excluding hydrogens is 348 g/mol. The van der Waals surface area contributed by atoms with Crippen LogP contribution in [-0.2, 0) is 27.4 Å². The van der Waals surface area contributed by atoms with Crippen molar-refractivity contribution in [1.82, 2.24) is 10.6 Å². The standard InChI is InChI=1S/C20H22N2O5/c1-14(23)21-11-15-6-8-17(9-7-15)20(25)27-13-19(24)22-12-16-4-3-5-18(10-16)26-2/h3-10H,11-13H2,1-2H3,(H,21,23)(H,22,24). The second-order valence-corrected chi connectivity index (χ2v) is 5.81. The molecule has 0 unspecified atom stereocenters. The van der Waals surface area contributed by atoms with Crippen molar-refractivity contribution in [3.8, 4) is 5.75 Å². The third-order valence-corrected chi connectivity index (χ3v) is 3.69. The molecule has 2 amide bonds. The summed E-state index contributed by atoms with van der Waals surface area (Å²) in [4.78, 5) is 34.7. The van der Waals surface area contributed by atoms with Gasteiger partial charge in [-0.3, -0.25) is 9.59 Å². The van der Waals surface area contributed by atoms with E-state index in [9.17, 15) is 14.4 Å². The minimum Gasteiger partial charge on any atom is -0.497 e. The van der Waals surface area contributed by atoms with E-state index in [0.29, 0.717) is 24.4 Å². The van der Waals surface area contributed by atoms with E-state index in [1.165, 1.54) is 6.92 Å². The number of rotatable bonds is 8. The molecule has 0 atom stereocenters. The molecule has 2 aromatic carbocycles. The minimum atomic E-state index is -0.586. The summed E-state index contributed by atoms with van der Waals surface area (Å²) < 4.78 is 10.1. The predicted octanol–water partition coefficient (Wildman–Crippen LogP) is 1.80. The summed E-state index contributed by atoms with van der Waals surface area (Å²) in [6.07, 6.45) is 0. The largest absolute Gasteiger partial charge is 0.497 e. The van der Waals surface area contributed by atoms with Crippen molar-refractivity contribution in [2.45, 2.75) is 20.0 Å². The van der Waals surface area contributed by atoms with Crippen LogP contribution in [0.5, 0.6) is 5.75 Å². The van der Waals surface area contributed by atoms with Crippen molar-refractivity contribution >= 4 is 17.8 Å². The fourth-order valence-electron chi connectivity index (χ4n) is 2.23. The molecular formula is C20H22N2O5. The fourth-order valence-corrected chi connectivity index (χ4v) is 2.23. The number of hydrogen-bond acceptors (Lipinski definition) is 5. The van der Waals surface area contributed by atoms with Gasteiger partial charge in [0, 0.05) is 20.0 Å². The quantitative estimate of drug-likeness (QED) is 0.691. The van der Waals surface area contributed by atoms with E-state index in [1.54, 1.807) is 31.4 Å². The van der Waals surface area contributed by atoms with Crippen molar-refractivity contribution in [3.05, 3.63) is 65.2 Å². The Labute approximate surface area is 157 Å². The number of hydrogen-bond donors (Lipinski definition) is 2. The van der Waals surface area contributed by atoms with Gasteiger partial charge in [-0.1, -0.05) is 24.3 Å². The number of carbonyl (C=O) groups excluding carboxylic acids is 3. The van der Waals surface area contributed by atoms with Crippen LogP contribution in [0.25, 0.3) is 0 Å². The molecule has 0 bridgehead atoms. The second kappa shape index (κ2) is 9.96. The predicted molar refractivity (Wildman–Crippen MR) is 99.1 cm³/mol. The van der Waals surface area contributed by atoms with Gasteiger partial charge in [0.1, 0.15) is 5.75 Å². The average molecular weight is 370 g/mol. The normalized spacial score (nSPS) is 10.0. The first-order valence-corrected chi connectivity index (χ1v) is 8.38. The number of ether oxygens (including phenoxy) is 2. The van der Waals surface area contributed by atoms with Gasteiger partial charge < -0.3 is 20.1 Å². The van der Waals surface area contributed by atoms with E-state index >= 15 is 0 Å². The lowest BCUT2D eigenvalue weighted by Crippen LogP contribution is -2.28. The first kappa shape index (κ1) is 20.0. The molecule has 0 aliphatic carbocycles. The summed E-state index contributed by atoms with van der Waals surface area (Å²) in [5.41, 5.74) is 2.07. The molecule has 7 nitrogen and oxygen atoms in total. The summed E-state index contributed by atoms with van der Waals surface area (Å²) in [7, 11) is 1.57. The maximum absolute atomic E-state index is 12.0. The van der Waals surface area contributed by atoms with Gasteiger partial charge in [-0.2, -0.15) is 0 Å². The lowest BCUT2D eigenvalue weighted by atomic mass is 10.1. The second-order valence-electron chi connectivity index (χ2n) is 5.81. The average Bonchev–Trinajstić information content (AvgIpc) is 2.69. The van der Waals surface area contributed by atoms with Gasteiger partial charge in [0.15, 0.2) is 6.61 Å². The lowest BCUT2D eigenvalue weighted by molar-refractivity contribution is -0.124. The van der Waals surface area contributed by atoms with Gasteiger partial charge in [0.2, 0.25) is 5.91 Å². The monoisotopic (exact) mass is 370 g/mol. The maximum Gasteiger partial charge on any atom is 0.338 e. The molecule has 0 aliphatic heterocycles. The molecule has 0 spiro atoms. The minimum absolute atomic E-state index is 0.126. The smallest absolute Gasteiger partial charge is 0.338 e. The van der Waals surface area contributed by atoms with E-state index < -0.39 is 11.9 Å². The molecule has 2 aromatic rings. The number of methoxy groups -OCH3 is 1. The van der Waals surface area contributed by atoms with Gasteiger partial charge in [0.05, 0.1) is 12.7 Å². The van der Waals surface area contributed by atoms with Crippen LogP contribution in [0, 0.1) is 0 Å². The number of esters is 1. The zero-order chi connectivity index (χ0) is 19.6. The van der Waals surface area contributed by atoms with Crippen molar-refractivity contribution in [1.29, 1.82) is 0 Å². The number of amides is 2. The Bertz CT molecular complexity index is 802. The third-order valence-electron chi connectivity index (χ3n) is 3.69. The molecule has 27 heavy (non-hydrogen) atoms. The van der Waals surface area contributed by atoms with E-state index in [-0.39, 0.29) is 12.5 Å². The summed E-state index contributed by atoms with van der Waals surface area (Å²) in [6, 6.07) is 13.9. The highest BCUT2D eigenvalue weighted by Crippen LogP contribution is 2.12. The molecule has 2 rings (SSSR count). The van der Waals surface area contributed by atoms with E-state index in [4.69, 9.17) is 9.47 Å². The van der Waals surface area contributed by atoms with Gasteiger partial charge in [-0.15, -0.1) is 0 Å². The Morgan fingerprint density at radius 1 is 0.926 bits per heavy atom. The van der Waals surface area contributed by atoms with Crippen molar-refractivity contribution in [2.24, 2.45) is 0 Å². The summed E-state index contributed by atoms with van der Waals surface area (Å²) in [5.74, 6) is -0.403. The first-order chi connectivity index (χ1) is 13.0. The zero-order valence-electron chi connectivity index (χ0n) is 15.3. The molecule has 0 radical (unpaired) electrons. The summed E-state index contributed by atoms with van der Waals surface area (Å²) >= 11 is 0. The SMILES string of the molecule is COc1cccc(CNC(=O)COC(=O)c2ccc(CNC(C)=O)cc2)c1. The molecule has 2 N–H and O–H groups in total. The lowest BCUT2D eigenvalue weighted by Gasteiger charge is -2.08. The van der Waals surface area contributed by atoms with Crippen molar-refractivity contribution < 1.29 is 23.9 Å². The molecule has 0 heterocycles. The highest BCUT2D eigenvalue weighted by Gasteiger charge is 2.10. The van der Waals surface area contributed by atoms with Gasteiger partial charge in [-0.25, -0.2) is 4.79 Å². The molecule has 7 heteroatoms. The number of carbonyl (C=O) groups is 3. The van der Waals surface area contributed by atoms with E-state index in [2.05, 4.69) is 10.6 Å². The van der Waals surface area contributed by atoms with Crippen LogP contribution in [-0.4, -0.2) is 31.5 Å². The zero-order valence-corrected chi connectivity index (χ0v) is 15.3. The molecule has 0 fully saturated rings. The van der Waals surface area contributed by atoms with Crippen LogP contribution in [0.2, 0.25) is 0 Å². The van der Waals surface area contributed by atoms with Gasteiger partial charge >= 0.3 is 5.97 Å². The highest BCUT2D eigenvalue weighted by atomic mass is 16.5. The Balaban J connectivity index is 1.77. The van der Waals surface area contributed by atoms with Gasteiger partial charge in [0.25, 0.3) is 5.91 Å². The van der Waals surface area contributed by atoms with Crippen LogP contribution in [0.4, 0.5) is 0 Å². The molecule has 142 valence electrons.